The number of hydrogen-bond acceptors (Lipinski definition) is 1. The number of carbonyl (C=O) groups excluding carboxylic acids is 1. The van der Waals surface area contributed by atoms with Crippen molar-refractivity contribution in [3.63, 3.8) is 0 Å². The molecule has 0 aliphatic rings. The maximum Gasteiger partial charge on any atom is 0.130 e. The normalized spacial score (nSPS) is 14.6. The highest BCUT2D eigenvalue weighted by Crippen LogP contribution is 2.25. The summed E-state index contributed by atoms with van der Waals surface area (Å²) >= 11 is 0. The van der Waals surface area contributed by atoms with Crippen LogP contribution < -0.4 is 0 Å². The summed E-state index contributed by atoms with van der Waals surface area (Å²) in [4.78, 5) is 10.7. The molecule has 0 bridgehead atoms. The van der Waals surface area contributed by atoms with Crippen LogP contribution in [0.15, 0.2) is 0 Å². The third kappa shape index (κ3) is 7.57. The molecule has 0 aromatic carbocycles. The van der Waals surface area contributed by atoms with Crippen LogP contribution in [0.3, 0.4) is 0 Å². The van der Waals surface area contributed by atoms with Crippen LogP contribution in [0.25, 0.3) is 0 Å². The van der Waals surface area contributed by atoms with Gasteiger partial charge in [-0.2, -0.15) is 0 Å². The molecule has 0 radical (unpaired) electrons. The molecule has 66 valence electrons. The molecule has 0 aromatic heterocycles. The monoisotopic (exact) mass is 156 g/mol. The van der Waals surface area contributed by atoms with Gasteiger partial charge in [-0.1, -0.05) is 27.7 Å². The number of rotatable bonds is 3. The van der Waals surface area contributed by atoms with Gasteiger partial charge in [0.2, 0.25) is 0 Å². The first-order valence-electron chi connectivity index (χ1n) is 4.31. The first kappa shape index (κ1) is 10.7. The molecule has 1 heteroatoms. The van der Waals surface area contributed by atoms with E-state index in [1.54, 1.807) is 6.92 Å². The fraction of sp³-hybridized carbons (Fsp3) is 0.900. The van der Waals surface area contributed by atoms with E-state index in [2.05, 4.69) is 27.7 Å². The zero-order valence-corrected chi connectivity index (χ0v) is 8.40. The first-order valence-corrected chi connectivity index (χ1v) is 4.31. The Hall–Kier alpha value is -0.330. The van der Waals surface area contributed by atoms with Crippen molar-refractivity contribution >= 4 is 5.78 Å². The van der Waals surface area contributed by atoms with Crippen LogP contribution in [-0.2, 0) is 4.79 Å². The molecule has 0 aromatic rings. The van der Waals surface area contributed by atoms with Gasteiger partial charge in [0.15, 0.2) is 0 Å². The number of hydrogen-bond donors (Lipinski definition) is 0. The molecule has 0 aliphatic carbocycles. The summed E-state index contributed by atoms with van der Waals surface area (Å²) in [5, 5.41) is 0. The Morgan fingerprint density at radius 1 is 1.36 bits per heavy atom. The third-order valence-corrected chi connectivity index (χ3v) is 1.60. The number of carbonyl (C=O) groups is 1. The highest BCUT2D eigenvalue weighted by atomic mass is 16.1. The second-order valence-electron chi connectivity index (χ2n) is 4.78. The molecule has 0 aliphatic heterocycles. The van der Waals surface area contributed by atoms with Crippen LogP contribution in [-0.4, -0.2) is 5.78 Å². The minimum atomic E-state index is 0.307. The molecule has 0 amide bonds. The molecule has 0 rings (SSSR count). The molecule has 1 nitrogen and oxygen atoms in total. The third-order valence-electron chi connectivity index (χ3n) is 1.60. The molecule has 0 saturated heterocycles. The lowest BCUT2D eigenvalue weighted by Gasteiger charge is -2.22. The van der Waals surface area contributed by atoms with E-state index in [4.69, 9.17) is 0 Å². The van der Waals surface area contributed by atoms with Crippen LogP contribution >= 0.6 is 0 Å². The minimum Gasteiger partial charge on any atom is -0.300 e. The molecular formula is C10H20O. The van der Waals surface area contributed by atoms with Gasteiger partial charge in [0, 0.05) is 6.42 Å². The smallest absolute Gasteiger partial charge is 0.130 e. The van der Waals surface area contributed by atoms with Gasteiger partial charge in [0.25, 0.3) is 0 Å². The van der Waals surface area contributed by atoms with E-state index < -0.39 is 0 Å². The Kier molecular flexibility index (Phi) is 3.77. The Bertz CT molecular complexity index is 130. The second kappa shape index (κ2) is 3.89. The van der Waals surface area contributed by atoms with Crippen molar-refractivity contribution in [2.75, 3.05) is 0 Å². The zero-order chi connectivity index (χ0) is 9.07. The molecule has 0 heterocycles. The lowest BCUT2D eigenvalue weighted by molar-refractivity contribution is -0.117. The van der Waals surface area contributed by atoms with Gasteiger partial charge in [0.1, 0.15) is 5.78 Å². The Balaban J connectivity index is 3.69. The zero-order valence-electron chi connectivity index (χ0n) is 8.40. The van der Waals surface area contributed by atoms with Gasteiger partial charge in [-0.05, 0) is 24.7 Å². The summed E-state index contributed by atoms with van der Waals surface area (Å²) < 4.78 is 0. The topological polar surface area (TPSA) is 17.1 Å². The van der Waals surface area contributed by atoms with E-state index in [9.17, 15) is 4.79 Å². The summed E-state index contributed by atoms with van der Waals surface area (Å²) in [6, 6.07) is 0. The molecule has 0 fully saturated rings. The van der Waals surface area contributed by atoms with Crippen LogP contribution in [0.4, 0.5) is 0 Å². The summed E-state index contributed by atoms with van der Waals surface area (Å²) in [7, 11) is 0. The van der Waals surface area contributed by atoms with Crippen molar-refractivity contribution in [3.05, 3.63) is 0 Å². The predicted octanol–water partition coefficient (Wildman–Crippen LogP) is 3.04. The maximum absolute atomic E-state index is 10.7. The second-order valence-corrected chi connectivity index (χ2v) is 4.78. The lowest BCUT2D eigenvalue weighted by Crippen LogP contribution is -2.12. The summed E-state index contributed by atoms with van der Waals surface area (Å²) in [6.45, 7) is 10.4. The van der Waals surface area contributed by atoms with Gasteiger partial charge >= 0.3 is 0 Å². The van der Waals surface area contributed by atoms with E-state index in [0.29, 0.717) is 17.1 Å². The Morgan fingerprint density at radius 3 is 2.09 bits per heavy atom. The average Bonchev–Trinajstić information content (AvgIpc) is 1.53. The van der Waals surface area contributed by atoms with Crippen LogP contribution in [0, 0.1) is 11.3 Å². The van der Waals surface area contributed by atoms with Crippen LogP contribution in [0.2, 0.25) is 0 Å². The highest BCUT2D eigenvalue weighted by molar-refractivity contribution is 5.75. The quantitative estimate of drug-likeness (QED) is 0.614. The fourth-order valence-electron chi connectivity index (χ4n) is 1.61. The van der Waals surface area contributed by atoms with Crippen molar-refractivity contribution in [1.29, 1.82) is 0 Å². The lowest BCUT2D eigenvalue weighted by atomic mass is 9.84. The van der Waals surface area contributed by atoms with Gasteiger partial charge in [-0.25, -0.2) is 0 Å². The Labute approximate surface area is 70.2 Å². The van der Waals surface area contributed by atoms with E-state index >= 15 is 0 Å². The van der Waals surface area contributed by atoms with Gasteiger partial charge in [-0.3, -0.25) is 0 Å². The SMILES string of the molecule is CC(=O)C[C@H](C)CC(C)(C)C. The van der Waals surface area contributed by atoms with Gasteiger partial charge in [-0.15, -0.1) is 0 Å². The molecule has 11 heavy (non-hydrogen) atoms. The van der Waals surface area contributed by atoms with Crippen molar-refractivity contribution in [1.82, 2.24) is 0 Å². The molecule has 0 saturated carbocycles. The first-order chi connectivity index (χ1) is 4.81. The van der Waals surface area contributed by atoms with Crippen molar-refractivity contribution in [2.45, 2.75) is 47.5 Å². The van der Waals surface area contributed by atoms with E-state index in [-0.39, 0.29) is 0 Å². The average molecular weight is 156 g/mol. The summed E-state index contributed by atoms with van der Waals surface area (Å²) in [6.07, 6.45) is 1.86. The van der Waals surface area contributed by atoms with Gasteiger partial charge in [0.05, 0.1) is 0 Å². The van der Waals surface area contributed by atoms with E-state index in [0.717, 1.165) is 12.8 Å². The molecule has 0 spiro atoms. The van der Waals surface area contributed by atoms with Crippen LogP contribution in [0.1, 0.15) is 47.5 Å². The number of ketones is 1. The maximum atomic E-state index is 10.7. The highest BCUT2D eigenvalue weighted by Gasteiger charge is 2.15. The summed E-state index contributed by atoms with van der Waals surface area (Å²) in [5.41, 5.74) is 0.356. The molecular weight excluding hydrogens is 136 g/mol. The van der Waals surface area contributed by atoms with E-state index in [1.807, 2.05) is 0 Å². The molecule has 1 atom stereocenters. The van der Waals surface area contributed by atoms with Crippen molar-refractivity contribution < 1.29 is 4.79 Å². The predicted molar refractivity (Wildman–Crippen MR) is 48.5 cm³/mol. The molecule has 0 unspecified atom stereocenters. The Morgan fingerprint density at radius 2 is 1.82 bits per heavy atom. The van der Waals surface area contributed by atoms with Gasteiger partial charge < -0.3 is 4.79 Å². The largest absolute Gasteiger partial charge is 0.300 e. The van der Waals surface area contributed by atoms with E-state index in [1.165, 1.54) is 0 Å². The summed E-state index contributed by atoms with van der Waals surface area (Å²) in [5.74, 6) is 0.842. The van der Waals surface area contributed by atoms with Crippen molar-refractivity contribution in [3.8, 4) is 0 Å². The molecule has 0 N–H and O–H groups in total. The van der Waals surface area contributed by atoms with Crippen molar-refractivity contribution in [2.24, 2.45) is 11.3 Å². The number of Topliss-reactive ketones (excluding diaryl/α,β-unsaturated/α-hetero) is 1. The van der Waals surface area contributed by atoms with Crippen LogP contribution in [0.5, 0.6) is 0 Å². The standard InChI is InChI=1S/C10H20O/c1-8(6-9(2)11)7-10(3,4)5/h8H,6-7H2,1-5H3/t8-/m0/s1. The minimum absolute atomic E-state index is 0.307. The fourth-order valence-corrected chi connectivity index (χ4v) is 1.61.